The number of amides is 2. The smallest absolute Gasteiger partial charge is 0.384 e. The van der Waals surface area contributed by atoms with Gasteiger partial charge in [0.25, 0.3) is 17.4 Å². The number of halogens is 5. The molecule has 0 saturated heterocycles. The largest absolute Gasteiger partial charge is 0.417 e. The third kappa shape index (κ3) is 2.71. The minimum Gasteiger partial charge on any atom is -0.384 e. The number of nitrogens with one attached hydrogen (secondary N) is 1. The summed E-state index contributed by atoms with van der Waals surface area (Å²) in [6.45, 7) is 0. The van der Waals surface area contributed by atoms with E-state index in [0.717, 1.165) is 12.1 Å². The number of aromatic nitrogens is 1. The summed E-state index contributed by atoms with van der Waals surface area (Å²) in [7, 11) is 0. The van der Waals surface area contributed by atoms with Gasteiger partial charge >= 0.3 is 6.18 Å². The van der Waals surface area contributed by atoms with Gasteiger partial charge < -0.3 is 5.73 Å². The minimum absolute atomic E-state index is 0.210. The summed E-state index contributed by atoms with van der Waals surface area (Å²) in [6, 6.07) is 2.41. The predicted octanol–water partition coefficient (Wildman–Crippen LogP) is 2.74. The van der Waals surface area contributed by atoms with Gasteiger partial charge in [-0.05, 0) is 12.1 Å². The van der Waals surface area contributed by atoms with Crippen LogP contribution < -0.4 is 16.6 Å². The minimum atomic E-state index is -4.72. The van der Waals surface area contributed by atoms with Crippen LogP contribution in [-0.2, 0) is 6.18 Å². The Bertz CT molecular complexity index is 1020. The number of carbonyl (C=O) groups excluding carboxylic acids is 2. The van der Waals surface area contributed by atoms with Crippen LogP contribution in [0.15, 0.2) is 27.5 Å². The van der Waals surface area contributed by atoms with Gasteiger partial charge in [0.2, 0.25) is 0 Å². The van der Waals surface area contributed by atoms with Crippen molar-refractivity contribution >= 4 is 45.2 Å². The first kappa shape index (κ1) is 17.5. The molecule has 0 aliphatic carbocycles. The van der Waals surface area contributed by atoms with Crippen molar-refractivity contribution < 1.29 is 22.8 Å². The Morgan fingerprint density at radius 2 is 1.76 bits per heavy atom. The number of anilines is 1. The van der Waals surface area contributed by atoms with Crippen molar-refractivity contribution in [1.29, 1.82) is 0 Å². The Kier molecular flexibility index (Phi) is 3.92. The number of hydrogen-bond donors (Lipinski definition) is 2. The van der Waals surface area contributed by atoms with E-state index in [-0.39, 0.29) is 26.3 Å². The van der Waals surface area contributed by atoms with E-state index in [1.54, 1.807) is 0 Å². The molecule has 2 amide bonds. The molecular formula is C14H6BrClF3N3O3. The standard InChI is InChI=1S/C14H6BrClF3N3O3/c15-6-3-7(16)8(2-5(6)14(17,18)19)22-9(23)1-4-10(11(22)20)13(25)21-12(4)24/h1-3H,20H2,(H,21,24,25). The first-order valence-electron chi connectivity index (χ1n) is 6.50. The number of alkyl halides is 3. The lowest BCUT2D eigenvalue weighted by Crippen LogP contribution is -2.24. The van der Waals surface area contributed by atoms with E-state index in [0.29, 0.717) is 10.6 Å². The van der Waals surface area contributed by atoms with Gasteiger partial charge in [0.1, 0.15) is 5.82 Å². The zero-order valence-corrected chi connectivity index (χ0v) is 14.2. The lowest BCUT2D eigenvalue weighted by atomic mass is 10.1. The molecule has 0 radical (unpaired) electrons. The third-order valence-corrected chi connectivity index (χ3v) is 4.49. The molecule has 0 bridgehead atoms. The molecule has 0 unspecified atom stereocenters. The van der Waals surface area contributed by atoms with Gasteiger partial charge in [0.05, 0.1) is 27.4 Å². The highest BCUT2D eigenvalue weighted by atomic mass is 79.9. The average molecular weight is 437 g/mol. The van der Waals surface area contributed by atoms with Gasteiger partial charge in [0, 0.05) is 10.5 Å². The molecule has 25 heavy (non-hydrogen) atoms. The molecule has 0 fully saturated rings. The summed E-state index contributed by atoms with van der Waals surface area (Å²) >= 11 is 8.73. The first-order valence-corrected chi connectivity index (χ1v) is 7.67. The van der Waals surface area contributed by atoms with E-state index in [1.807, 2.05) is 5.32 Å². The number of carbonyl (C=O) groups is 2. The highest BCUT2D eigenvalue weighted by molar-refractivity contribution is 9.10. The van der Waals surface area contributed by atoms with Gasteiger partial charge in [-0.1, -0.05) is 27.5 Å². The van der Waals surface area contributed by atoms with Crippen LogP contribution in [-0.4, -0.2) is 16.4 Å². The number of nitrogen functional groups attached to an aromatic ring is 1. The van der Waals surface area contributed by atoms with E-state index < -0.39 is 34.9 Å². The van der Waals surface area contributed by atoms with Crippen LogP contribution in [0.3, 0.4) is 0 Å². The molecule has 11 heteroatoms. The van der Waals surface area contributed by atoms with E-state index in [9.17, 15) is 27.6 Å². The molecule has 1 aliphatic heterocycles. The predicted molar refractivity (Wildman–Crippen MR) is 86.0 cm³/mol. The van der Waals surface area contributed by atoms with Crippen LogP contribution >= 0.6 is 27.5 Å². The van der Waals surface area contributed by atoms with Gasteiger partial charge in [-0.2, -0.15) is 13.2 Å². The monoisotopic (exact) mass is 435 g/mol. The third-order valence-electron chi connectivity index (χ3n) is 3.54. The van der Waals surface area contributed by atoms with Crippen LogP contribution in [0, 0.1) is 0 Å². The van der Waals surface area contributed by atoms with E-state index >= 15 is 0 Å². The molecule has 130 valence electrons. The maximum absolute atomic E-state index is 13.1. The fraction of sp³-hybridized carbons (Fsp3) is 0.0714. The maximum atomic E-state index is 13.1. The normalized spacial score (nSPS) is 13.8. The molecule has 6 nitrogen and oxygen atoms in total. The molecule has 1 aromatic heterocycles. The molecule has 3 N–H and O–H groups in total. The number of nitrogens with zero attached hydrogens (tertiary/aromatic N) is 1. The van der Waals surface area contributed by atoms with Gasteiger partial charge in [-0.3, -0.25) is 24.3 Å². The highest BCUT2D eigenvalue weighted by Crippen LogP contribution is 2.39. The molecule has 0 atom stereocenters. The summed E-state index contributed by atoms with van der Waals surface area (Å²) in [5.74, 6) is -2.15. The molecular weight excluding hydrogens is 431 g/mol. The lowest BCUT2D eigenvalue weighted by molar-refractivity contribution is -0.138. The number of imide groups is 1. The second-order valence-electron chi connectivity index (χ2n) is 5.06. The summed E-state index contributed by atoms with van der Waals surface area (Å²) in [5.41, 5.74) is 2.89. The Hall–Kier alpha value is -2.33. The summed E-state index contributed by atoms with van der Waals surface area (Å²) in [5, 5.41) is 1.75. The Morgan fingerprint density at radius 1 is 1.12 bits per heavy atom. The average Bonchev–Trinajstić information content (AvgIpc) is 2.74. The summed E-state index contributed by atoms with van der Waals surface area (Å²) in [4.78, 5) is 35.7. The molecule has 0 saturated carbocycles. The Labute approximate surface area is 150 Å². The van der Waals surface area contributed by atoms with Crippen molar-refractivity contribution in [2.45, 2.75) is 6.18 Å². The number of nitrogens with two attached hydrogens (primary N) is 1. The van der Waals surface area contributed by atoms with Crippen molar-refractivity contribution in [2.24, 2.45) is 0 Å². The van der Waals surface area contributed by atoms with E-state index in [1.165, 1.54) is 0 Å². The van der Waals surface area contributed by atoms with E-state index in [4.69, 9.17) is 17.3 Å². The number of rotatable bonds is 1. The van der Waals surface area contributed by atoms with E-state index in [2.05, 4.69) is 15.9 Å². The highest BCUT2D eigenvalue weighted by Gasteiger charge is 2.36. The Balaban J connectivity index is 2.36. The maximum Gasteiger partial charge on any atom is 0.417 e. The summed E-state index contributed by atoms with van der Waals surface area (Å²) < 4.78 is 39.7. The van der Waals surface area contributed by atoms with Gasteiger partial charge in [-0.25, -0.2) is 0 Å². The number of hydrogen-bond acceptors (Lipinski definition) is 4. The van der Waals surface area contributed by atoms with Gasteiger partial charge in [-0.15, -0.1) is 0 Å². The molecule has 2 aromatic rings. The molecule has 3 rings (SSSR count). The molecule has 0 spiro atoms. The molecule has 2 heterocycles. The quantitative estimate of drug-likeness (QED) is 0.672. The summed E-state index contributed by atoms with van der Waals surface area (Å²) in [6.07, 6.45) is -4.72. The van der Waals surface area contributed by atoms with Crippen LogP contribution in [0.4, 0.5) is 19.0 Å². The van der Waals surface area contributed by atoms with Crippen molar-refractivity contribution in [2.75, 3.05) is 5.73 Å². The zero-order valence-electron chi connectivity index (χ0n) is 11.9. The van der Waals surface area contributed by atoms with Crippen LogP contribution in [0.5, 0.6) is 0 Å². The second-order valence-corrected chi connectivity index (χ2v) is 6.32. The lowest BCUT2D eigenvalue weighted by Gasteiger charge is -2.16. The number of fused-ring (bicyclic) bond motifs is 1. The molecule has 1 aromatic carbocycles. The van der Waals surface area contributed by atoms with Crippen molar-refractivity contribution in [3.8, 4) is 5.69 Å². The Morgan fingerprint density at radius 3 is 2.36 bits per heavy atom. The van der Waals surface area contributed by atoms with Crippen LogP contribution in [0.1, 0.15) is 26.3 Å². The molecule has 1 aliphatic rings. The van der Waals surface area contributed by atoms with Crippen molar-refractivity contribution in [3.05, 3.63) is 54.7 Å². The topological polar surface area (TPSA) is 94.2 Å². The van der Waals surface area contributed by atoms with Gasteiger partial charge in [0.15, 0.2) is 0 Å². The number of pyridine rings is 1. The second kappa shape index (κ2) is 5.60. The van der Waals surface area contributed by atoms with Crippen LogP contribution in [0.2, 0.25) is 5.02 Å². The first-order chi connectivity index (χ1) is 11.5. The number of benzene rings is 1. The van der Waals surface area contributed by atoms with Crippen LogP contribution in [0.25, 0.3) is 5.69 Å². The SMILES string of the molecule is Nc1c2c(cc(=O)n1-c1cc(C(F)(F)F)c(Br)cc1Cl)C(=O)NC2=O. The van der Waals surface area contributed by atoms with Crippen molar-refractivity contribution in [3.63, 3.8) is 0 Å². The zero-order chi connectivity index (χ0) is 18.7. The fourth-order valence-corrected chi connectivity index (χ4v) is 3.40. The fourth-order valence-electron chi connectivity index (χ4n) is 2.45. The van der Waals surface area contributed by atoms with Crippen molar-refractivity contribution in [1.82, 2.24) is 9.88 Å².